The molecule has 1 atom stereocenters. The van der Waals surface area contributed by atoms with Crippen LogP contribution < -0.4 is 14.8 Å². The maximum Gasteiger partial charge on any atom is 0.410 e. The van der Waals surface area contributed by atoms with Crippen molar-refractivity contribution in [1.82, 2.24) is 20.2 Å². The molecule has 0 aliphatic carbocycles. The molecule has 0 bridgehead atoms. The number of ether oxygens (including phenoxy) is 3. The van der Waals surface area contributed by atoms with Crippen LogP contribution in [0.1, 0.15) is 49.5 Å². The predicted octanol–water partition coefficient (Wildman–Crippen LogP) is 9.44. The van der Waals surface area contributed by atoms with Crippen molar-refractivity contribution in [2.24, 2.45) is 0 Å². The molecule has 6 rings (SSSR count). The highest BCUT2D eigenvalue weighted by molar-refractivity contribution is 6.39. The van der Waals surface area contributed by atoms with Crippen LogP contribution in [-0.2, 0) is 16.1 Å². The zero-order valence-electron chi connectivity index (χ0n) is 29.8. The summed E-state index contributed by atoms with van der Waals surface area (Å²) in [5.41, 5.74) is 4.54. The summed E-state index contributed by atoms with van der Waals surface area (Å²) < 4.78 is 17.0. The minimum absolute atomic E-state index is 0.0351. The summed E-state index contributed by atoms with van der Waals surface area (Å²) in [7, 11) is 3.04. The lowest BCUT2D eigenvalue weighted by Crippen LogP contribution is -2.43. The third-order valence-electron chi connectivity index (χ3n) is 8.79. The summed E-state index contributed by atoms with van der Waals surface area (Å²) in [6.45, 7) is 5.91. The number of nitrogens with one attached hydrogen (secondary N) is 1. The number of pyridine rings is 2. The van der Waals surface area contributed by atoms with Gasteiger partial charge in [-0.05, 0) is 57.5 Å². The van der Waals surface area contributed by atoms with Crippen molar-refractivity contribution in [2.45, 2.75) is 51.8 Å². The molecule has 2 aromatic heterocycles. The number of aromatic nitrogens is 2. The van der Waals surface area contributed by atoms with Gasteiger partial charge in [-0.15, -0.1) is 0 Å². The van der Waals surface area contributed by atoms with E-state index in [1.54, 1.807) is 36.4 Å². The molecule has 1 saturated heterocycles. The number of nitrogens with zero attached hydrogens (tertiary/aromatic N) is 3. The van der Waals surface area contributed by atoms with Gasteiger partial charge in [0.05, 0.1) is 58.3 Å². The second kappa shape index (κ2) is 15.6. The van der Waals surface area contributed by atoms with Gasteiger partial charge in [0, 0.05) is 58.4 Å². The van der Waals surface area contributed by atoms with Gasteiger partial charge in [0.2, 0.25) is 5.91 Å². The van der Waals surface area contributed by atoms with Crippen molar-refractivity contribution in [3.05, 3.63) is 93.1 Å². The number of carbonyl (C=O) groups is 3. The average molecular weight is 776 g/mol. The quantitative estimate of drug-likeness (QED) is 0.139. The molecular formula is C40H37Cl3N4O6. The van der Waals surface area contributed by atoms with E-state index >= 15 is 0 Å². The first-order chi connectivity index (χ1) is 25.3. The van der Waals surface area contributed by atoms with E-state index in [1.165, 1.54) is 13.2 Å². The molecule has 10 nitrogen and oxygen atoms in total. The van der Waals surface area contributed by atoms with E-state index in [-0.39, 0.29) is 25.0 Å². The molecule has 1 aliphatic heterocycles. The Morgan fingerprint density at radius 3 is 2.42 bits per heavy atom. The monoisotopic (exact) mass is 774 g/mol. The molecule has 5 aromatic rings. The van der Waals surface area contributed by atoms with Crippen molar-refractivity contribution in [3.63, 3.8) is 0 Å². The SMILES string of the molecule is COc1cc(-c2nccc(-c3cccc(-c4ccc5c(OC)c(C=O)cc(Cl)c5n4)c3Cl)c2Cl)ccc1CN(C[C@@H]1CCC(=O)N1)C(=O)OC(C)(C)C. The lowest BCUT2D eigenvalue weighted by Gasteiger charge is -2.29. The lowest BCUT2D eigenvalue weighted by atomic mass is 9.99. The summed E-state index contributed by atoms with van der Waals surface area (Å²) in [5.74, 6) is 0.873. The summed E-state index contributed by atoms with van der Waals surface area (Å²) >= 11 is 20.7. The van der Waals surface area contributed by atoms with E-state index in [4.69, 9.17) is 54.0 Å². The van der Waals surface area contributed by atoms with Crippen molar-refractivity contribution >= 4 is 64.0 Å². The van der Waals surface area contributed by atoms with Gasteiger partial charge >= 0.3 is 6.09 Å². The number of methoxy groups -OCH3 is 2. The first kappa shape index (κ1) is 37.8. The van der Waals surface area contributed by atoms with Gasteiger partial charge in [0.1, 0.15) is 17.1 Å². The van der Waals surface area contributed by atoms with Crippen molar-refractivity contribution < 1.29 is 28.6 Å². The lowest BCUT2D eigenvalue weighted by molar-refractivity contribution is -0.119. The van der Waals surface area contributed by atoms with Gasteiger partial charge in [-0.3, -0.25) is 14.6 Å². The van der Waals surface area contributed by atoms with Gasteiger partial charge in [-0.2, -0.15) is 0 Å². The number of rotatable bonds is 10. The smallest absolute Gasteiger partial charge is 0.410 e. The molecule has 0 unspecified atom stereocenters. The highest BCUT2D eigenvalue weighted by atomic mass is 35.5. The Labute approximate surface area is 322 Å². The number of benzene rings is 3. The van der Waals surface area contributed by atoms with E-state index in [0.717, 1.165) is 5.56 Å². The zero-order valence-corrected chi connectivity index (χ0v) is 32.0. The second-order valence-corrected chi connectivity index (χ2v) is 14.7. The predicted molar refractivity (Wildman–Crippen MR) is 207 cm³/mol. The number of aldehydes is 1. The second-order valence-electron chi connectivity index (χ2n) is 13.6. The largest absolute Gasteiger partial charge is 0.496 e. The van der Waals surface area contributed by atoms with Gasteiger partial charge < -0.3 is 24.4 Å². The van der Waals surface area contributed by atoms with E-state index in [2.05, 4.69) is 10.3 Å². The summed E-state index contributed by atoms with van der Waals surface area (Å²) in [4.78, 5) is 47.8. The number of hydrogen-bond acceptors (Lipinski definition) is 8. The highest BCUT2D eigenvalue weighted by Crippen LogP contribution is 2.43. The fourth-order valence-electron chi connectivity index (χ4n) is 6.35. The third kappa shape index (κ3) is 8.05. The molecule has 3 aromatic carbocycles. The number of hydrogen-bond donors (Lipinski definition) is 1. The van der Waals surface area contributed by atoms with Crippen LogP contribution in [0.2, 0.25) is 15.1 Å². The molecule has 274 valence electrons. The maximum absolute atomic E-state index is 13.3. The van der Waals surface area contributed by atoms with Crippen LogP contribution in [0, 0.1) is 0 Å². The third-order valence-corrected chi connectivity index (χ3v) is 9.87. The number of fused-ring (bicyclic) bond motifs is 1. The van der Waals surface area contributed by atoms with Crippen LogP contribution in [0.4, 0.5) is 4.79 Å². The van der Waals surface area contributed by atoms with Crippen LogP contribution in [0.3, 0.4) is 0 Å². The van der Waals surface area contributed by atoms with Crippen LogP contribution in [-0.4, -0.2) is 65.6 Å². The molecule has 13 heteroatoms. The minimum atomic E-state index is -0.700. The first-order valence-corrected chi connectivity index (χ1v) is 18.0. The average Bonchev–Trinajstić information content (AvgIpc) is 3.55. The van der Waals surface area contributed by atoms with Gasteiger partial charge in [0.25, 0.3) is 0 Å². The van der Waals surface area contributed by atoms with Crippen LogP contribution in [0.5, 0.6) is 11.5 Å². The van der Waals surface area contributed by atoms with Crippen molar-refractivity contribution in [3.8, 4) is 45.1 Å². The summed E-state index contributed by atoms with van der Waals surface area (Å²) in [6.07, 6.45) is 2.91. The molecular weight excluding hydrogens is 739 g/mol. The molecule has 0 saturated carbocycles. The Balaban J connectivity index is 1.33. The van der Waals surface area contributed by atoms with E-state index in [1.807, 2.05) is 57.2 Å². The van der Waals surface area contributed by atoms with Crippen LogP contribution in [0.25, 0.3) is 44.5 Å². The summed E-state index contributed by atoms with van der Waals surface area (Å²) in [5, 5.41) is 4.62. The Bertz CT molecular complexity index is 2240. The molecule has 1 N–H and O–H groups in total. The minimum Gasteiger partial charge on any atom is -0.496 e. The van der Waals surface area contributed by atoms with Crippen molar-refractivity contribution in [2.75, 3.05) is 20.8 Å². The topological polar surface area (TPSA) is 120 Å². The molecule has 3 heterocycles. The van der Waals surface area contributed by atoms with Gasteiger partial charge in [0.15, 0.2) is 6.29 Å². The van der Waals surface area contributed by atoms with E-state index in [0.29, 0.717) is 95.8 Å². The van der Waals surface area contributed by atoms with Crippen molar-refractivity contribution in [1.29, 1.82) is 0 Å². The Morgan fingerprint density at radius 2 is 1.74 bits per heavy atom. The normalized spacial score (nSPS) is 14.2. The molecule has 53 heavy (non-hydrogen) atoms. The van der Waals surface area contributed by atoms with Gasteiger partial charge in [-0.1, -0.05) is 65.1 Å². The maximum atomic E-state index is 13.3. The Hall–Kier alpha value is -4.90. The van der Waals surface area contributed by atoms with Crippen LogP contribution in [0.15, 0.2) is 66.9 Å². The standard InChI is InChI=1S/C40H37Cl3N4O6/c1-40(2,3)53-39(50)47(20-25-11-14-33(49)45-25)19-23-10-9-22(18-32(23)51-4)36-35(43)27(15-16-44-36)26-7-6-8-28(34(26)42)31-13-12-29-37(46-31)30(41)17-24(21-48)38(29)52-5/h6-10,12-13,15-18,21,25H,11,14,19-20H2,1-5H3,(H,45,49)/t25-/m0/s1. The highest BCUT2D eigenvalue weighted by Gasteiger charge is 2.29. The first-order valence-electron chi connectivity index (χ1n) is 16.8. The molecule has 1 aliphatic rings. The Morgan fingerprint density at radius 1 is 0.981 bits per heavy atom. The fourth-order valence-corrected chi connectivity index (χ4v) is 7.25. The molecule has 1 fully saturated rings. The van der Waals surface area contributed by atoms with E-state index < -0.39 is 11.7 Å². The zero-order chi connectivity index (χ0) is 38.0. The van der Waals surface area contributed by atoms with E-state index in [9.17, 15) is 14.4 Å². The fraction of sp³-hybridized carbons (Fsp3) is 0.275. The number of halogens is 3. The Kier molecular flexibility index (Phi) is 11.1. The molecule has 0 radical (unpaired) electrons. The number of amides is 2. The molecule has 0 spiro atoms. The van der Waals surface area contributed by atoms with Crippen LogP contribution >= 0.6 is 34.8 Å². The molecule has 2 amide bonds. The van der Waals surface area contributed by atoms with Gasteiger partial charge in [-0.25, -0.2) is 9.78 Å². The summed E-state index contributed by atoms with van der Waals surface area (Å²) in [6, 6.07) is 17.9. The number of carbonyl (C=O) groups excluding carboxylic acids is 3.